The molecule has 0 aliphatic carbocycles. The summed E-state index contributed by atoms with van der Waals surface area (Å²) in [5.74, 6) is 0.498. The topological polar surface area (TPSA) is 50.1 Å². The van der Waals surface area contributed by atoms with Crippen molar-refractivity contribution in [1.82, 2.24) is 30.0 Å². The molecule has 0 spiro atoms. The van der Waals surface area contributed by atoms with Crippen LogP contribution in [0.5, 0.6) is 0 Å². The number of aromatic nitrogens is 4. The maximum atomic E-state index is 13.8. The lowest BCUT2D eigenvalue weighted by atomic mass is 10.0. The Morgan fingerprint density at radius 2 is 1.56 bits per heavy atom. The molecule has 36 heavy (non-hydrogen) atoms. The van der Waals surface area contributed by atoms with E-state index in [-0.39, 0.29) is 11.9 Å². The van der Waals surface area contributed by atoms with E-state index >= 15 is 0 Å². The van der Waals surface area contributed by atoms with Crippen molar-refractivity contribution in [3.05, 3.63) is 113 Å². The number of para-hydroxylation sites is 1. The van der Waals surface area contributed by atoms with Gasteiger partial charge in [0.15, 0.2) is 5.82 Å². The number of nitrogens with zero attached hydrogens (tertiary/aromatic N) is 6. The Kier molecular flexibility index (Phi) is 7.30. The Balaban J connectivity index is 1.39. The van der Waals surface area contributed by atoms with Crippen LogP contribution >= 0.6 is 0 Å². The lowest BCUT2D eigenvalue weighted by Gasteiger charge is -2.38. The quantitative estimate of drug-likeness (QED) is 0.377. The third-order valence-electron chi connectivity index (χ3n) is 6.82. The summed E-state index contributed by atoms with van der Waals surface area (Å²) in [6.45, 7) is 8.64. The first-order valence-corrected chi connectivity index (χ1v) is 12.4. The molecule has 1 aromatic heterocycles. The van der Waals surface area contributed by atoms with Crippen molar-refractivity contribution in [3.63, 3.8) is 0 Å². The summed E-state index contributed by atoms with van der Waals surface area (Å²) in [7, 11) is 0. The lowest BCUT2D eigenvalue weighted by Crippen LogP contribution is -2.48. The van der Waals surface area contributed by atoms with Gasteiger partial charge in [0.2, 0.25) is 0 Å². The molecule has 0 amide bonds. The zero-order valence-corrected chi connectivity index (χ0v) is 20.8. The number of piperazine rings is 1. The standard InChI is InChI=1S/C29H31FN6/c1-22-8-6-9-23(2)27(22)36-29(31-32-33-36)28(25-13-15-26(30)16-14-25)35-20-18-34(19-21-35)17-7-12-24-10-4-3-5-11-24/h3-16,28H,17-21H2,1-2H3/t28-/m0/s1. The van der Waals surface area contributed by atoms with Crippen LogP contribution in [0.3, 0.4) is 0 Å². The Morgan fingerprint density at radius 3 is 2.25 bits per heavy atom. The Morgan fingerprint density at radius 1 is 0.861 bits per heavy atom. The molecule has 4 aromatic rings. The van der Waals surface area contributed by atoms with Crippen LogP contribution in [-0.4, -0.2) is 62.7 Å². The number of halogens is 1. The van der Waals surface area contributed by atoms with Crippen molar-refractivity contribution >= 4 is 6.08 Å². The highest BCUT2D eigenvalue weighted by molar-refractivity contribution is 5.49. The van der Waals surface area contributed by atoms with Crippen molar-refractivity contribution in [2.24, 2.45) is 0 Å². The molecule has 0 saturated carbocycles. The van der Waals surface area contributed by atoms with E-state index in [9.17, 15) is 4.39 Å². The van der Waals surface area contributed by atoms with Crippen LogP contribution in [0, 0.1) is 19.7 Å². The largest absolute Gasteiger partial charge is 0.297 e. The molecule has 1 fully saturated rings. The van der Waals surface area contributed by atoms with Crippen LogP contribution in [0.4, 0.5) is 4.39 Å². The summed E-state index contributed by atoms with van der Waals surface area (Å²) in [4.78, 5) is 4.85. The fourth-order valence-corrected chi connectivity index (χ4v) is 4.94. The summed E-state index contributed by atoms with van der Waals surface area (Å²) >= 11 is 0. The SMILES string of the molecule is Cc1cccc(C)c1-n1nnnc1[C@H](c1ccc(F)cc1)N1CCN(CC=Cc2ccccc2)CC1. The fourth-order valence-electron chi connectivity index (χ4n) is 4.94. The molecule has 0 N–H and O–H groups in total. The van der Waals surface area contributed by atoms with E-state index in [1.807, 2.05) is 28.9 Å². The van der Waals surface area contributed by atoms with Crippen molar-refractivity contribution in [1.29, 1.82) is 0 Å². The maximum Gasteiger partial charge on any atom is 0.178 e. The molecule has 7 heteroatoms. The number of tetrazole rings is 1. The number of hydrogen-bond acceptors (Lipinski definition) is 5. The molecule has 184 valence electrons. The highest BCUT2D eigenvalue weighted by atomic mass is 19.1. The molecule has 3 aromatic carbocycles. The third kappa shape index (κ3) is 5.27. The highest BCUT2D eigenvalue weighted by Crippen LogP contribution is 2.31. The molecule has 5 rings (SSSR count). The van der Waals surface area contributed by atoms with E-state index in [2.05, 4.69) is 87.7 Å². The van der Waals surface area contributed by atoms with Gasteiger partial charge in [-0.15, -0.1) is 5.10 Å². The molecular weight excluding hydrogens is 451 g/mol. The minimum atomic E-state index is -0.248. The monoisotopic (exact) mass is 482 g/mol. The molecule has 1 aliphatic heterocycles. The average molecular weight is 483 g/mol. The highest BCUT2D eigenvalue weighted by Gasteiger charge is 2.31. The maximum absolute atomic E-state index is 13.8. The van der Waals surface area contributed by atoms with Crippen molar-refractivity contribution < 1.29 is 4.39 Å². The van der Waals surface area contributed by atoms with Crippen LogP contribution in [0.1, 0.15) is 34.1 Å². The van der Waals surface area contributed by atoms with Gasteiger partial charge >= 0.3 is 0 Å². The van der Waals surface area contributed by atoms with Gasteiger partial charge in [0.25, 0.3) is 0 Å². The molecule has 0 bridgehead atoms. The van der Waals surface area contributed by atoms with Crippen LogP contribution < -0.4 is 0 Å². The van der Waals surface area contributed by atoms with Crippen LogP contribution in [0.25, 0.3) is 11.8 Å². The van der Waals surface area contributed by atoms with Gasteiger partial charge < -0.3 is 0 Å². The molecule has 0 unspecified atom stereocenters. The first kappa shape index (κ1) is 24.0. The third-order valence-corrected chi connectivity index (χ3v) is 6.82. The molecule has 1 aliphatic rings. The number of aryl methyl sites for hydroxylation is 2. The van der Waals surface area contributed by atoms with Crippen LogP contribution in [-0.2, 0) is 0 Å². The average Bonchev–Trinajstić information content (AvgIpc) is 3.36. The zero-order chi connectivity index (χ0) is 24.9. The Labute approximate surface area is 211 Å². The second kappa shape index (κ2) is 10.9. The van der Waals surface area contributed by atoms with Gasteiger partial charge in [0.1, 0.15) is 5.82 Å². The van der Waals surface area contributed by atoms with E-state index in [1.54, 1.807) is 0 Å². The smallest absolute Gasteiger partial charge is 0.178 e. The van der Waals surface area contributed by atoms with Crippen molar-refractivity contribution in [3.8, 4) is 5.69 Å². The van der Waals surface area contributed by atoms with Gasteiger partial charge in [-0.05, 0) is 58.7 Å². The normalized spacial score (nSPS) is 16.0. The second-order valence-corrected chi connectivity index (χ2v) is 9.29. The molecular formula is C29H31FN6. The molecule has 2 heterocycles. The fraction of sp³-hybridized carbons (Fsp3) is 0.276. The summed E-state index contributed by atoms with van der Waals surface area (Å²) in [6, 6.07) is 23.1. The second-order valence-electron chi connectivity index (χ2n) is 9.29. The molecule has 1 atom stereocenters. The van der Waals surface area contributed by atoms with Gasteiger partial charge in [-0.25, -0.2) is 4.39 Å². The molecule has 6 nitrogen and oxygen atoms in total. The minimum absolute atomic E-state index is 0.179. The minimum Gasteiger partial charge on any atom is -0.297 e. The van der Waals surface area contributed by atoms with E-state index in [0.29, 0.717) is 0 Å². The van der Waals surface area contributed by atoms with Gasteiger partial charge in [-0.1, -0.05) is 72.8 Å². The Hall–Kier alpha value is -3.68. The van der Waals surface area contributed by atoms with E-state index in [4.69, 9.17) is 0 Å². The van der Waals surface area contributed by atoms with E-state index in [1.165, 1.54) is 17.7 Å². The predicted molar refractivity (Wildman–Crippen MR) is 140 cm³/mol. The summed E-state index contributed by atoms with van der Waals surface area (Å²) in [5.41, 5.74) is 5.41. The number of rotatable bonds is 7. The van der Waals surface area contributed by atoms with Crippen LogP contribution in [0.15, 0.2) is 78.9 Å². The Bertz CT molecular complexity index is 1290. The van der Waals surface area contributed by atoms with Crippen molar-refractivity contribution in [2.45, 2.75) is 19.9 Å². The van der Waals surface area contributed by atoms with Gasteiger partial charge in [-0.3, -0.25) is 9.80 Å². The molecule has 1 saturated heterocycles. The first-order valence-electron chi connectivity index (χ1n) is 12.4. The van der Waals surface area contributed by atoms with Gasteiger partial charge in [0.05, 0.1) is 11.7 Å². The number of hydrogen-bond donors (Lipinski definition) is 0. The summed E-state index contributed by atoms with van der Waals surface area (Å²) in [6.07, 6.45) is 4.40. The predicted octanol–water partition coefficient (Wildman–Crippen LogP) is 4.84. The van der Waals surface area contributed by atoms with E-state index in [0.717, 1.165) is 60.9 Å². The summed E-state index contributed by atoms with van der Waals surface area (Å²) in [5, 5.41) is 12.9. The van der Waals surface area contributed by atoms with Crippen molar-refractivity contribution in [2.75, 3.05) is 32.7 Å². The zero-order valence-electron chi connectivity index (χ0n) is 20.8. The van der Waals surface area contributed by atoms with E-state index < -0.39 is 0 Å². The molecule has 0 radical (unpaired) electrons. The number of benzene rings is 3. The summed E-state index contributed by atoms with van der Waals surface area (Å²) < 4.78 is 15.7. The van der Waals surface area contributed by atoms with Gasteiger partial charge in [0, 0.05) is 32.7 Å². The van der Waals surface area contributed by atoms with Gasteiger partial charge in [-0.2, -0.15) is 4.68 Å². The first-order chi connectivity index (χ1) is 17.6. The van der Waals surface area contributed by atoms with Crippen LogP contribution in [0.2, 0.25) is 0 Å². The lowest BCUT2D eigenvalue weighted by molar-refractivity contribution is 0.113.